The molecule has 0 unspecified atom stereocenters. The number of hydrogen-bond acceptors (Lipinski definition) is 5. The monoisotopic (exact) mass is 339 g/mol. The minimum atomic E-state index is 0.0416. The van der Waals surface area contributed by atoms with Gasteiger partial charge in [0.25, 0.3) is 0 Å². The van der Waals surface area contributed by atoms with Crippen LogP contribution in [-0.4, -0.2) is 29.3 Å². The first-order chi connectivity index (χ1) is 9.51. The number of methoxy groups -OCH3 is 1. The summed E-state index contributed by atoms with van der Waals surface area (Å²) in [5.74, 6) is 2.08. The van der Waals surface area contributed by atoms with Gasteiger partial charge in [0.1, 0.15) is 5.75 Å². The van der Waals surface area contributed by atoms with Gasteiger partial charge in [-0.05, 0) is 32.2 Å². The molecule has 20 heavy (non-hydrogen) atoms. The summed E-state index contributed by atoms with van der Waals surface area (Å²) in [7, 11) is 3.70. The maximum atomic E-state index is 5.48. The number of aryl methyl sites for hydroxylation is 1. The Morgan fingerprint density at radius 1 is 1.40 bits per heavy atom. The van der Waals surface area contributed by atoms with E-state index in [1.54, 1.807) is 14.0 Å². The normalized spacial score (nSPS) is 12.7. The first-order valence-corrected chi connectivity index (χ1v) is 7.13. The van der Waals surface area contributed by atoms with Gasteiger partial charge in [-0.2, -0.15) is 0 Å². The van der Waals surface area contributed by atoms with Gasteiger partial charge in [-0.25, -0.2) is 0 Å². The molecular weight excluding hydrogens is 322 g/mol. The summed E-state index contributed by atoms with van der Waals surface area (Å²) in [4.78, 5) is 2.14. The molecule has 1 atom stereocenters. The van der Waals surface area contributed by atoms with Crippen LogP contribution in [0.5, 0.6) is 5.75 Å². The molecular formula is C14H18BrN3O2. The summed E-state index contributed by atoms with van der Waals surface area (Å²) in [6.07, 6.45) is 0. The van der Waals surface area contributed by atoms with E-state index in [1.807, 2.05) is 26.1 Å². The first kappa shape index (κ1) is 15.0. The molecule has 0 spiro atoms. The summed E-state index contributed by atoms with van der Waals surface area (Å²) in [6, 6.07) is 6.02. The van der Waals surface area contributed by atoms with Crippen LogP contribution >= 0.6 is 15.9 Å². The van der Waals surface area contributed by atoms with E-state index in [1.165, 1.54) is 0 Å². The van der Waals surface area contributed by atoms with Crippen LogP contribution in [0, 0.1) is 6.92 Å². The lowest BCUT2D eigenvalue weighted by Gasteiger charge is -2.22. The Hall–Kier alpha value is -1.40. The Bertz CT molecular complexity index is 586. The zero-order valence-electron chi connectivity index (χ0n) is 12.1. The van der Waals surface area contributed by atoms with E-state index in [0.29, 0.717) is 11.8 Å². The molecule has 0 N–H and O–H groups in total. The quantitative estimate of drug-likeness (QED) is 0.836. The SMILES string of the molecule is COc1ccc(Br)cc1CN(C)[C@H](C)c1nnc(C)o1. The summed E-state index contributed by atoms with van der Waals surface area (Å²) >= 11 is 3.49. The number of hydrogen-bond donors (Lipinski definition) is 0. The molecule has 5 nitrogen and oxygen atoms in total. The summed E-state index contributed by atoms with van der Waals surface area (Å²) < 4.78 is 11.9. The van der Waals surface area contributed by atoms with Crippen molar-refractivity contribution in [1.29, 1.82) is 0 Å². The topological polar surface area (TPSA) is 51.4 Å². The van der Waals surface area contributed by atoms with Crippen molar-refractivity contribution in [2.45, 2.75) is 26.4 Å². The van der Waals surface area contributed by atoms with Crippen LogP contribution in [-0.2, 0) is 6.54 Å². The molecule has 0 bridgehead atoms. The van der Waals surface area contributed by atoms with E-state index in [2.05, 4.69) is 37.1 Å². The largest absolute Gasteiger partial charge is 0.496 e. The highest BCUT2D eigenvalue weighted by Gasteiger charge is 2.19. The van der Waals surface area contributed by atoms with Gasteiger partial charge in [0.05, 0.1) is 13.2 Å². The molecule has 6 heteroatoms. The number of ether oxygens (including phenoxy) is 1. The Morgan fingerprint density at radius 3 is 2.75 bits per heavy atom. The van der Waals surface area contributed by atoms with Gasteiger partial charge in [-0.15, -0.1) is 10.2 Å². The Kier molecular flexibility index (Phi) is 4.77. The lowest BCUT2D eigenvalue weighted by Crippen LogP contribution is -2.22. The van der Waals surface area contributed by atoms with Crippen LogP contribution in [0.25, 0.3) is 0 Å². The van der Waals surface area contributed by atoms with E-state index in [-0.39, 0.29) is 6.04 Å². The van der Waals surface area contributed by atoms with Gasteiger partial charge in [0.15, 0.2) is 0 Å². The van der Waals surface area contributed by atoms with Crippen molar-refractivity contribution in [3.05, 3.63) is 40.0 Å². The van der Waals surface area contributed by atoms with Crippen LogP contribution in [0.1, 0.15) is 30.3 Å². The smallest absolute Gasteiger partial charge is 0.233 e. The van der Waals surface area contributed by atoms with E-state index in [0.717, 1.165) is 22.3 Å². The molecule has 0 aliphatic carbocycles. The van der Waals surface area contributed by atoms with Gasteiger partial charge >= 0.3 is 0 Å². The minimum absolute atomic E-state index is 0.0416. The number of nitrogens with zero attached hydrogens (tertiary/aromatic N) is 3. The predicted octanol–water partition coefficient (Wildman–Crippen LogP) is 3.34. The molecule has 2 aromatic rings. The Balaban J connectivity index is 2.15. The lowest BCUT2D eigenvalue weighted by molar-refractivity contribution is 0.212. The fraction of sp³-hybridized carbons (Fsp3) is 0.429. The first-order valence-electron chi connectivity index (χ1n) is 6.34. The molecule has 1 aromatic carbocycles. The second-order valence-corrected chi connectivity index (χ2v) is 5.62. The van der Waals surface area contributed by atoms with Crippen molar-refractivity contribution in [3.63, 3.8) is 0 Å². The van der Waals surface area contributed by atoms with Gasteiger partial charge in [0.2, 0.25) is 11.8 Å². The van der Waals surface area contributed by atoms with Crippen molar-refractivity contribution < 1.29 is 9.15 Å². The maximum absolute atomic E-state index is 5.48. The van der Waals surface area contributed by atoms with Crippen molar-refractivity contribution >= 4 is 15.9 Å². The Labute approximate surface area is 127 Å². The highest BCUT2D eigenvalue weighted by atomic mass is 79.9. The third-order valence-electron chi connectivity index (χ3n) is 3.22. The van der Waals surface area contributed by atoms with Crippen molar-refractivity contribution in [2.75, 3.05) is 14.2 Å². The second-order valence-electron chi connectivity index (χ2n) is 4.71. The molecule has 2 rings (SSSR count). The predicted molar refractivity (Wildman–Crippen MR) is 79.6 cm³/mol. The van der Waals surface area contributed by atoms with Crippen LogP contribution in [0.4, 0.5) is 0 Å². The molecule has 0 aliphatic rings. The average molecular weight is 340 g/mol. The fourth-order valence-corrected chi connectivity index (χ4v) is 2.35. The van der Waals surface area contributed by atoms with Gasteiger partial charge in [-0.1, -0.05) is 15.9 Å². The van der Waals surface area contributed by atoms with Crippen molar-refractivity contribution in [2.24, 2.45) is 0 Å². The molecule has 0 amide bonds. The number of rotatable bonds is 5. The minimum Gasteiger partial charge on any atom is -0.496 e. The van der Waals surface area contributed by atoms with Gasteiger partial charge in [0, 0.05) is 23.5 Å². The molecule has 0 radical (unpaired) electrons. The average Bonchev–Trinajstić information content (AvgIpc) is 2.84. The van der Waals surface area contributed by atoms with E-state index in [4.69, 9.17) is 9.15 Å². The van der Waals surface area contributed by atoms with Crippen molar-refractivity contribution in [1.82, 2.24) is 15.1 Å². The second kappa shape index (κ2) is 6.37. The van der Waals surface area contributed by atoms with Crippen LogP contribution in [0.15, 0.2) is 27.1 Å². The molecule has 1 heterocycles. The molecule has 0 fully saturated rings. The standard InChI is InChI=1S/C14H18BrN3O2/c1-9(14-17-16-10(2)20-14)18(3)8-11-7-12(15)5-6-13(11)19-4/h5-7,9H,8H2,1-4H3/t9-/m1/s1. The van der Waals surface area contributed by atoms with E-state index >= 15 is 0 Å². The molecule has 108 valence electrons. The van der Waals surface area contributed by atoms with Crippen LogP contribution in [0.2, 0.25) is 0 Å². The van der Waals surface area contributed by atoms with Crippen molar-refractivity contribution in [3.8, 4) is 5.75 Å². The molecule has 0 saturated carbocycles. The fourth-order valence-electron chi connectivity index (χ4n) is 1.95. The third kappa shape index (κ3) is 3.37. The summed E-state index contributed by atoms with van der Waals surface area (Å²) in [6.45, 7) is 4.56. The van der Waals surface area contributed by atoms with E-state index in [9.17, 15) is 0 Å². The number of halogens is 1. The molecule has 1 aromatic heterocycles. The third-order valence-corrected chi connectivity index (χ3v) is 3.72. The van der Waals surface area contributed by atoms with Crippen LogP contribution < -0.4 is 4.74 Å². The molecule has 0 aliphatic heterocycles. The zero-order chi connectivity index (χ0) is 14.7. The zero-order valence-corrected chi connectivity index (χ0v) is 13.6. The summed E-state index contributed by atoms with van der Waals surface area (Å²) in [5.41, 5.74) is 1.10. The highest BCUT2D eigenvalue weighted by Crippen LogP contribution is 2.27. The van der Waals surface area contributed by atoms with Gasteiger partial charge in [-0.3, -0.25) is 4.90 Å². The maximum Gasteiger partial charge on any atom is 0.233 e. The highest BCUT2D eigenvalue weighted by molar-refractivity contribution is 9.10. The molecule has 0 saturated heterocycles. The summed E-state index contributed by atoms with van der Waals surface area (Å²) in [5, 5.41) is 7.94. The number of aromatic nitrogens is 2. The number of benzene rings is 1. The van der Waals surface area contributed by atoms with Crippen LogP contribution in [0.3, 0.4) is 0 Å². The van der Waals surface area contributed by atoms with Gasteiger partial charge < -0.3 is 9.15 Å². The lowest BCUT2D eigenvalue weighted by atomic mass is 10.1. The Morgan fingerprint density at radius 2 is 2.15 bits per heavy atom. The van der Waals surface area contributed by atoms with E-state index < -0.39 is 0 Å².